The molecule has 1 aliphatic rings. The molecule has 1 aliphatic carbocycles. The lowest BCUT2D eigenvalue weighted by Gasteiger charge is -2.20. The van der Waals surface area contributed by atoms with Crippen molar-refractivity contribution in [3.8, 4) is 0 Å². The van der Waals surface area contributed by atoms with Crippen molar-refractivity contribution in [1.29, 1.82) is 0 Å². The van der Waals surface area contributed by atoms with Gasteiger partial charge in [0, 0.05) is 18.1 Å². The minimum absolute atomic E-state index is 0.142. The van der Waals surface area contributed by atoms with Crippen LogP contribution in [0.5, 0.6) is 0 Å². The van der Waals surface area contributed by atoms with E-state index in [-0.39, 0.29) is 5.54 Å². The van der Waals surface area contributed by atoms with E-state index in [2.05, 4.69) is 38.1 Å². The molecular formula is C15H23NO. The van der Waals surface area contributed by atoms with Gasteiger partial charge in [0.25, 0.3) is 0 Å². The Kier molecular flexibility index (Phi) is 3.28. The molecule has 1 fully saturated rings. The second kappa shape index (κ2) is 4.43. The largest absolute Gasteiger partial charge is 0.384 e. The molecule has 0 radical (unpaired) electrons. The topological polar surface area (TPSA) is 35.2 Å². The standard InChI is InChI=1S/C15H23NO/c1-14(2,16)10-12-5-4-6-13(9-12)15(7-8-15)11-17-3/h4-6,9H,7-8,10-11,16H2,1-3H3. The van der Waals surface area contributed by atoms with Gasteiger partial charge in [-0.2, -0.15) is 0 Å². The van der Waals surface area contributed by atoms with Gasteiger partial charge < -0.3 is 10.5 Å². The van der Waals surface area contributed by atoms with E-state index < -0.39 is 0 Å². The Labute approximate surface area is 104 Å². The first kappa shape index (κ1) is 12.6. The number of benzene rings is 1. The molecule has 0 spiro atoms. The van der Waals surface area contributed by atoms with E-state index >= 15 is 0 Å². The summed E-state index contributed by atoms with van der Waals surface area (Å²) in [7, 11) is 1.78. The maximum atomic E-state index is 6.08. The van der Waals surface area contributed by atoms with Gasteiger partial charge >= 0.3 is 0 Å². The Morgan fingerprint density at radius 2 is 2.06 bits per heavy atom. The summed E-state index contributed by atoms with van der Waals surface area (Å²) >= 11 is 0. The van der Waals surface area contributed by atoms with Crippen LogP contribution in [0.1, 0.15) is 37.8 Å². The summed E-state index contributed by atoms with van der Waals surface area (Å²) in [5.41, 5.74) is 8.98. The summed E-state index contributed by atoms with van der Waals surface area (Å²) in [6.07, 6.45) is 3.41. The van der Waals surface area contributed by atoms with Crippen LogP contribution in [0.25, 0.3) is 0 Å². The van der Waals surface area contributed by atoms with E-state index in [1.54, 1.807) is 7.11 Å². The molecule has 0 atom stereocenters. The maximum Gasteiger partial charge on any atom is 0.0559 e. The highest BCUT2D eigenvalue weighted by Crippen LogP contribution is 2.48. The summed E-state index contributed by atoms with van der Waals surface area (Å²) in [6.45, 7) is 4.98. The molecule has 94 valence electrons. The average molecular weight is 233 g/mol. The molecule has 0 unspecified atom stereocenters. The van der Waals surface area contributed by atoms with Crippen LogP contribution in [-0.4, -0.2) is 19.3 Å². The van der Waals surface area contributed by atoms with Crippen LogP contribution in [0.2, 0.25) is 0 Å². The molecule has 0 heterocycles. The summed E-state index contributed by atoms with van der Waals surface area (Å²) < 4.78 is 5.34. The highest BCUT2D eigenvalue weighted by molar-refractivity contribution is 5.35. The molecule has 0 aromatic heterocycles. The molecule has 2 heteroatoms. The molecule has 1 aromatic rings. The van der Waals surface area contributed by atoms with E-state index in [0.717, 1.165) is 13.0 Å². The second-order valence-electron chi connectivity index (χ2n) is 6.08. The van der Waals surface area contributed by atoms with Gasteiger partial charge in [-0.05, 0) is 44.2 Å². The molecule has 0 bridgehead atoms. The fraction of sp³-hybridized carbons (Fsp3) is 0.600. The third-order valence-corrected chi connectivity index (χ3v) is 3.47. The maximum absolute atomic E-state index is 6.08. The first-order valence-electron chi connectivity index (χ1n) is 6.32. The summed E-state index contributed by atoms with van der Waals surface area (Å²) in [6, 6.07) is 8.84. The highest BCUT2D eigenvalue weighted by atomic mass is 16.5. The molecule has 1 saturated carbocycles. The highest BCUT2D eigenvalue weighted by Gasteiger charge is 2.44. The smallest absolute Gasteiger partial charge is 0.0559 e. The van der Waals surface area contributed by atoms with Crippen molar-refractivity contribution in [1.82, 2.24) is 0 Å². The lowest BCUT2D eigenvalue weighted by molar-refractivity contribution is 0.171. The number of rotatable bonds is 5. The van der Waals surface area contributed by atoms with Gasteiger partial charge in [-0.15, -0.1) is 0 Å². The van der Waals surface area contributed by atoms with Crippen LogP contribution >= 0.6 is 0 Å². The van der Waals surface area contributed by atoms with Crippen LogP contribution in [0.15, 0.2) is 24.3 Å². The predicted octanol–water partition coefficient (Wildman–Crippen LogP) is 2.64. The minimum atomic E-state index is -0.142. The fourth-order valence-electron chi connectivity index (χ4n) is 2.48. The Bertz CT molecular complexity index is 388. The SMILES string of the molecule is COCC1(c2cccc(CC(C)(C)N)c2)CC1. The lowest BCUT2D eigenvalue weighted by Crippen LogP contribution is -2.34. The van der Waals surface area contributed by atoms with Crippen molar-refractivity contribution in [3.05, 3.63) is 35.4 Å². The Hall–Kier alpha value is -0.860. The third-order valence-electron chi connectivity index (χ3n) is 3.47. The van der Waals surface area contributed by atoms with Gasteiger partial charge in [0.1, 0.15) is 0 Å². The molecule has 2 N–H and O–H groups in total. The van der Waals surface area contributed by atoms with Gasteiger partial charge in [-0.25, -0.2) is 0 Å². The van der Waals surface area contributed by atoms with E-state index in [9.17, 15) is 0 Å². The van der Waals surface area contributed by atoms with Crippen molar-refractivity contribution in [2.24, 2.45) is 5.73 Å². The Morgan fingerprint density at radius 1 is 1.35 bits per heavy atom. The fourth-order valence-corrected chi connectivity index (χ4v) is 2.48. The van der Waals surface area contributed by atoms with E-state index in [1.807, 2.05) is 0 Å². The number of methoxy groups -OCH3 is 1. The van der Waals surface area contributed by atoms with Crippen LogP contribution in [-0.2, 0) is 16.6 Å². The van der Waals surface area contributed by atoms with Crippen molar-refractivity contribution >= 4 is 0 Å². The van der Waals surface area contributed by atoms with E-state index in [1.165, 1.54) is 24.0 Å². The molecule has 0 amide bonds. The zero-order valence-electron chi connectivity index (χ0n) is 11.1. The number of nitrogens with two attached hydrogens (primary N) is 1. The van der Waals surface area contributed by atoms with Gasteiger partial charge in [-0.3, -0.25) is 0 Å². The first-order chi connectivity index (χ1) is 7.95. The van der Waals surface area contributed by atoms with Crippen LogP contribution in [0, 0.1) is 0 Å². The van der Waals surface area contributed by atoms with E-state index in [0.29, 0.717) is 5.41 Å². The minimum Gasteiger partial charge on any atom is -0.384 e. The van der Waals surface area contributed by atoms with Crippen molar-refractivity contribution < 1.29 is 4.74 Å². The molecule has 17 heavy (non-hydrogen) atoms. The average Bonchev–Trinajstić information content (AvgIpc) is 2.97. The molecule has 1 aromatic carbocycles. The monoisotopic (exact) mass is 233 g/mol. The van der Waals surface area contributed by atoms with Crippen molar-refractivity contribution in [2.75, 3.05) is 13.7 Å². The second-order valence-corrected chi connectivity index (χ2v) is 6.08. The van der Waals surface area contributed by atoms with Gasteiger partial charge in [0.15, 0.2) is 0 Å². The molecular weight excluding hydrogens is 210 g/mol. The van der Waals surface area contributed by atoms with Crippen molar-refractivity contribution in [3.63, 3.8) is 0 Å². The zero-order valence-corrected chi connectivity index (χ0v) is 11.1. The van der Waals surface area contributed by atoms with Crippen LogP contribution in [0.4, 0.5) is 0 Å². The Morgan fingerprint density at radius 3 is 2.59 bits per heavy atom. The Balaban J connectivity index is 2.17. The predicted molar refractivity (Wildman–Crippen MR) is 71.2 cm³/mol. The van der Waals surface area contributed by atoms with Crippen molar-refractivity contribution in [2.45, 2.75) is 44.1 Å². The molecule has 0 saturated heterocycles. The normalized spacial score (nSPS) is 18.1. The number of hydrogen-bond acceptors (Lipinski definition) is 2. The van der Waals surface area contributed by atoms with Crippen LogP contribution in [0.3, 0.4) is 0 Å². The zero-order chi connectivity index (χ0) is 12.5. The summed E-state index contributed by atoms with van der Waals surface area (Å²) in [5.74, 6) is 0. The molecule has 0 aliphatic heterocycles. The van der Waals surface area contributed by atoms with Gasteiger partial charge in [0.05, 0.1) is 6.61 Å². The number of hydrogen-bond donors (Lipinski definition) is 1. The first-order valence-corrected chi connectivity index (χ1v) is 6.32. The quantitative estimate of drug-likeness (QED) is 0.848. The molecule has 2 nitrogen and oxygen atoms in total. The molecule has 2 rings (SSSR count). The third kappa shape index (κ3) is 3.08. The summed E-state index contributed by atoms with van der Waals surface area (Å²) in [4.78, 5) is 0. The summed E-state index contributed by atoms with van der Waals surface area (Å²) in [5, 5.41) is 0. The lowest BCUT2D eigenvalue weighted by atomic mass is 9.90. The van der Waals surface area contributed by atoms with Gasteiger partial charge in [-0.1, -0.05) is 24.3 Å². The van der Waals surface area contributed by atoms with Crippen LogP contribution < -0.4 is 5.73 Å². The van der Waals surface area contributed by atoms with E-state index in [4.69, 9.17) is 10.5 Å². The van der Waals surface area contributed by atoms with Gasteiger partial charge in [0.2, 0.25) is 0 Å². The number of ether oxygens (including phenoxy) is 1.